The number of aromatic nitrogens is 6. The molecule has 15 heteroatoms. The van der Waals surface area contributed by atoms with E-state index < -0.39 is 23.8 Å². The van der Waals surface area contributed by atoms with Crippen molar-refractivity contribution in [2.24, 2.45) is 0 Å². The predicted octanol–water partition coefficient (Wildman–Crippen LogP) is 5.90. The highest BCUT2D eigenvalue weighted by Gasteiger charge is 2.19. The fourth-order valence-electron chi connectivity index (χ4n) is 5.48. The summed E-state index contributed by atoms with van der Waals surface area (Å²) in [5.41, 5.74) is 3.79. The number of hydrogen-bond acceptors (Lipinski definition) is 11. The summed E-state index contributed by atoms with van der Waals surface area (Å²) >= 11 is 0. The van der Waals surface area contributed by atoms with Crippen molar-refractivity contribution >= 4 is 34.5 Å². The number of hydrogen-bond donors (Lipinski definition) is 2. The lowest BCUT2D eigenvalue weighted by atomic mass is 10.1. The van der Waals surface area contributed by atoms with Gasteiger partial charge in [0.05, 0.1) is 30.0 Å². The van der Waals surface area contributed by atoms with Crippen molar-refractivity contribution in [3.05, 3.63) is 78.0 Å². The second-order valence-electron chi connectivity index (χ2n) is 11.9. The van der Waals surface area contributed by atoms with E-state index in [-0.39, 0.29) is 28.8 Å². The first-order valence-electron chi connectivity index (χ1n) is 16.0. The fourth-order valence-corrected chi connectivity index (χ4v) is 5.48. The maximum atomic E-state index is 15.0. The molecule has 1 aliphatic rings. The van der Waals surface area contributed by atoms with Crippen LogP contribution >= 0.6 is 0 Å². The Balaban J connectivity index is 1.02. The van der Waals surface area contributed by atoms with Gasteiger partial charge in [-0.25, -0.2) is 44.0 Å². The van der Waals surface area contributed by atoms with Crippen LogP contribution in [0.2, 0.25) is 0 Å². The molecule has 0 aliphatic carbocycles. The van der Waals surface area contributed by atoms with Gasteiger partial charge in [-0.05, 0) is 70.0 Å². The molecule has 6 rings (SSSR count). The summed E-state index contributed by atoms with van der Waals surface area (Å²) in [6.45, 7) is 7.22. The van der Waals surface area contributed by atoms with Crippen molar-refractivity contribution in [2.75, 3.05) is 37.0 Å². The van der Waals surface area contributed by atoms with Crippen LogP contribution in [0.5, 0.6) is 5.75 Å². The minimum Gasteiger partial charge on any atom is -0.490 e. The molecule has 4 aromatic heterocycles. The largest absolute Gasteiger partial charge is 0.490 e. The lowest BCUT2D eigenvalue weighted by Crippen LogP contribution is -2.33. The van der Waals surface area contributed by atoms with Gasteiger partial charge in [0.25, 0.3) is 5.91 Å². The number of imidazole rings is 1. The summed E-state index contributed by atoms with van der Waals surface area (Å²) in [4.78, 5) is 41.0. The molecule has 1 fully saturated rings. The number of carbonyl (C=O) groups is 1. The Hall–Kier alpha value is -5.28. The number of halogens is 2. The molecule has 1 amide bonds. The molecule has 256 valence electrons. The topological polar surface area (TPSA) is 141 Å². The smallest absolute Gasteiger partial charge is 0.276 e. The number of likely N-dealkylation sites (N-methyl/N-ethyl adjacent to an activating group) is 1. The number of carbonyl (C=O) groups excluding carboxylic acids is 1. The second-order valence-corrected chi connectivity index (χ2v) is 11.9. The minimum absolute atomic E-state index is 0.0320. The molecule has 1 unspecified atom stereocenters. The Morgan fingerprint density at radius 2 is 1.92 bits per heavy atom. The van der Waals surface area contributed by atoms with Gasteiger partial charge in [0, 0.05) is 37.9 Å². The Morgan fingerprint density at radius 3 is 2.63 bits per heavy atom. The zero-order valence-electron chi connectivity index (χ0n) is 27.6. The van der Waals surface area contributed by atoms with Crippen molar-refractivity contribution in [3.8, 4) is 17.0 Å². The molecule has 5 heterocycles. The number of rotatable bonds is 12. The number of fused-ring (bicyclic) bond motifs is 1. The van der Waals surface area contributed by atoms with E-state index in [0.29, 0.717) is 54.0 Å². The second kappa shape index (κ2) is 14.9. The van der Waals surface area contributed by atoms with Gasteiger partial charge >= 0.3 is 0 Å². The van der Waals surface area contributed by atoms with Crippen LogP contribution in [0.25, 0.3) is 22.3 Å². The number of aryl methyl sites for hydroxylation is 1. The number of nitrogens with one attached hydrogen (secondary N) is 2. The first-order valence-corrected chi connectivity index (χ1v) is 16.0. The Kier molecular flexibility index (Phi) is 10.2. The maximum absolute atomic E-state index is 15.0. The normalized spacial score (nSPS) is 14.6. The van der Waals surface area contributed by atoms with Gasteiger partial charge in [0.2, 0.25) is 5.95 Å². The zero-order chi connectivity index (χ0) is 34.5. The van der Waals surface area contributed by atoms with Gasteiger partial charge in [-0.3, -0.25) is 4.79 Å². The average Bonchev–Trinajstić information content (AvgIpc) is 3.45. The van der Waals surface area contributed by atoms with Crippen molar-refractivity contribution in [3.63, 3.8) is 0 Å². The first kappa shape index (κ1) is 33.6. The molecule has 1 saturated heterocycles. The molecule has 0 spiro atoms. The van der Waals surface area contributed by atoms with E-state index in [0.717, 1.165) is 25.5 Å². The summed E-state index contributed by atoms with van der Waals surface area (Å²) in [7, 11) is 1.86. The van der Waals surface area contributed by atoms with Crippen LogP contribution in [-0.4, -0.2) is 68.5 Å². The SMILES string of the molecule is Cc1nc2c(F)cc(-c3nc(Nc4ccc(OCCN(C)c5ccc(C(=O)NOC6CCCCO6)cn5)cn4)ncc3F)cc2n1C(C)C. The van der Waals surface area contributed by atoms with Crippen LogP contribution in [0.4, 0.5) is 26.4 Å². The van der Waals surface area contributed by atoms with E-state index in [9.17, 15) is 9.18 Å². The summed E-state index contributed by atoms with van der Waals surface area (Å²) in [6, 6.07) is 9.76. The third-order valence-electron chi connectivity index (χ3n) is 7.95. The number of amides is 1. The molecular formula is C34H37F2N9O4. The Labute approximate surface area is 281 Å². The van der Waals surface area contributed by atoms with Gasteiger partial charge in [0.1, 0.15) is 41.0 Å². The Morgan fingerprint density at radius 1 is 1.06 bits per heavy atom. The van der Waals surface area contributed by atoms with Crippen LogP contribution in [0, 0.1) is 18.6 Å². The molecule has 1 aliphatic heterocycles. The number of anilines is 3. The number of ether oxygens (including phenoxy) is 2. The molecule has 1 atom stereocenters. The number of pyridine rings is 2. The van der Waals surface area contributed by atoms with E-state index in [1.165, 1.54) is 18.5 Å². The highest BCUT2D eigenvalue weighted by atomic mass is 19.1. The molecule has 0 radical (unpaired) electrons. The Bertz CT molecular complexity index is 1910. The van der Waals surface area contributed by atoms with Crippen LogP contribution in [0.3, 0.4) is 0 Å². The van der Waals surface area contributed by atoms with Crippen LogP contribution in [0.15, 0.2) is 55.0 Å². The van der Waals surface area contributed by atoms with Gasteiger partial charge in [-0.15, -0.1) is 0 Å². The van der Waals surface area contributed by atoms with Gasteiger partial charge in [-0.1, -0.05) is 0 Å². The lowest BCUT2D eigenvalue weighted by Gasteiger charge is -2.22. The standard InChI is InChI=1S/C34H37F2N9O4/c1-20(2)45-21(3)40-32-25(35)15-23(16-27(32)45)31-26(36)19-39-34(42-31)41-28-10-9-24(18-37-28)47-14-12-44(4)29-11-8-22(17-38-29)33(46)43-49-30-7-5-6-13-48-30/h8-11,15-20,30H,5-7,12-14H2,1-4H3,(H,43,46)(H,37,39,41,42). The van der Waals surface area contributed by atoms with Crippen molar-refractivity contribution in [2.45, 2.75) is 52.4 Å². The maximum Gasteiger partial charge on any atom is 0.276 e. The molecule has 5 aromatic rings. The monoisotopic (exact) mass is 673 g/mol. The van der Waals surface area contributed by atoms with Gasteiger partial charge < -0.3 is 24.3 Å². The summed E-state index contributed by atoms with van der Waals surface area (Å²) in [5, 5.41) is 2.96. The molecule has 0 bridgehead atoms. The number of hydroxylamine groups is 1. The molecular weight excluding hydrogens is 636 g/mol. The minimum atomic E-state index is -0.690. The van der Waals surface area contributed by atoms with E-state index >= 15 is 4.39 Å². The number of nitrogens with zero attached hydrogens (tertiary/aromatic N) is 7. The summed E-state index contributed by atoms with van der Waals surface area (Å²) in [6.07, 6.45) is 6.35. The van der Waals surface area contributed by atoms with Gasteiger partial charge in [0.15, 0.2) is 17.9 Å². The fraction of sp³-hybridized carbons (Fsp3) is 0.353. The molecule has 1 aromatic carbocycles. The van der Waals surface area contributed by atoms with Crippen LogP contribution in [0.1, 0.15) is 55.3 Å². The van der Waals surface area contributed by atoms with E-state index in [2.05, 4.69) is 35.7 Å². The average molecular weight is 674 g/mol. The van der Waals surface area contributed by atoms with Gasteiger partial charge in [-0.2, -0.15) is 0 Å². The molecule has 13 nitrogen and oxygen atoms in total. The molecule has 49 heavy (non-hydrogen) atoms. The van der Waals surface area contributed by atoms with Crippen LogP contribution < -0.4 is 20.4 Å². The van der Waals surface area contributed by atoms with Crippen LogP contribution in [-0.2, 0) is 9.57 Å². The summed E-state index contributed by atoms with van der Waals surface area (Å²) < 4.78 is 43.1. The third kappa shape index (κ3) is 7.90. The zero-order valence-corrected chi connectivity index (χ0v) is 27.6. The van der Waals surface area contributed by atoms with Crippen molar-refractivity contribution in [1.82, 2.24) is 35.0 Å². The predicted molar refractivity (Wildman–Crippen MR) is 178 cm³/mol. The molecule has 0 saturated carbocycles. The lowest BCUT2D eigenvalue weighted by molar-refractivity contribution is -0.186. The highest BCUT2D eigenvalue weighted by molar-refractivity contribution is 5.93. The third-order valence-corrected chi connectivity index (χ3v) is 7.95. The van der Waals surface area contributed by atoms with Crippen molar-refractivity contribution < 1.29 is 27.9 Å². The highest BCUT2D eigenvalue weighted by Crippen LogP contribution is 2.30. The quantitative estimate of drug-likeness (QED) is 0.153. The van der Waals surface area contributed by atoms with E-state index in [1.54, 1.807) is 37.3 Å². The first-order chi connectivity index (χ1) is 23.7. The number of benzene rings is 1. The van der Waals surface area contributed by atoms with E-state index in [4.69, 9.17) is 14.3 Å². The summed E-state index contributed by atoms with van der Waals surface area (Å²) in [5.74, 6) is 0.713. The molecule has 2 N–H and O–H groups in total. The van der Waals surface area contributed by atoms with E-state index in [1.807, 2.05) is 30.4 Å². The van der Waals surface area contributed by atoms with Crippen molar-refractivity contribution in [1.29, 1.82) is 0 Å².